The smallest absolute Gasteiger partial charge is 0.352 e. The number of carbonyl (C=O) groups is 1. The van der Waals surface area contributed by atoms with E-state index in [1.54, 1.807) is 0 Å². The first-order chi connectivity index (χ1) is 5.42. The van der Waals surface area contributed by atoms with Crippen LogP contribution in [0.5, 0.6) is 0 Å². The summed E-state index contributed by atoms with van der Waals surface area (Å²) in [6.07, 6.45) is 0. The molecule has 3 heteroatoms. The zero-order valence-corrected chi connectivity index (χ0v) is 8.05. The normalized spacial score (nSPS) is 22.1. The Kier molecular flexibility index (Phi) is 2.22. The number of rotatable bonds is 1. The maximum Gasteiger partial charge on any atom is 0.352 e. The van der Waals surface area contributed by atoms with E-state index < -0.39 is 0 Å². The van der Waals surface area contributed by atoms with Crippen LogP contribution in [0.3, 0.4) is 0 Å². The topological polar surface area (TPSA) is 38.7 Å². The lowest BCUT2D eigenvalue weighted by Crippen LogP contribution is -2.38. The Hall–Kier alpha value is -0.860. The standard InChI is InChI=1S/C9H15NO2/c1-6(2)7-8(11)12-5-9(3,4)10-7/h6H,5H2,1-4H3. The summed E-state index contributed by atoms with van der Waals surface area (Å²) in [6, 6.07) is 0. The molecular formula is C9H15NO2. The molecule has 1 rings (SSSR count). The predicted molar refractivity (Wildman–Crippen MR) is 47.3 cm³/mol. The molecule has 0 radical (unpaired) electrons. The molecule has 0 saturated carbocycles. The Morgan fingerprint density at radius 2 is 2.08 bits per heavy atom. The third-order valence-electron chi connectivity index (χ3n) is 1.74. The van der Waals surface area contributed by atoms with Crippen molar-refractivity contribution in [3.05, 3.63) is 0 Å². The van der Waals surface area contributed by atoms with Crippen LogP contribution in [0.15, 0.2) is 4.99 Å². The Morgan fingerprint density at radius 1 is 1.50 bits per heavy atom. The van der Waals surface area contributed by atoms with Crippen LogP contribution < -0.4 is 0 Å². The van der Waals surface area contributed by atoms with Crippen molar-refractivity contribution in [3.63, 3.8) is 0 Å². The van der Waals surface area contributed by atoms with Crippen molar-refractivity contribution in [2.75, 3.05) is 6.61 Å². The van der Waals surface area contributed by atoms with Crippen LogP contribution in [0.4, 0.5) is 0 Å². The molecular weight excluding hydrogens is 154 g/mol. The molecule has 0 unspecified atom stereocenters. The second-order valence-electron chi connectivity index (χ2n) is 4.04. The average molecular weight is 169 g/mol. The summed E-state index contributed by atoms with van der Waals surface area (Å²) >= 11 is 0. The van der Waals surface area contributed by atoms with Gasteiger partial charge < -0.3 is 4.74 Å². The second-order valence-corrected chi connectivity index (χ2v) is 4.04. The summed E-state index contributed by atoms with van der Waals surface area (Å²) in [4.78, 5) is 15.5. The van der Waals surface area contributed by atoms with Gasteiger partial charge in [-0.25, -0.2) is 4.79 Å². The van der Waals surface area contributed by atoms with Gasteiger partial charge in [-0.1, -0.05) is 13.8 Å². The Bertz CT molecular complexity index is 229. The number of carbonyl (C=O) groups excluding carboxylic acids is 1. The van der Waals surface area contributed by atoms with E-state index in [4.69, 9.17) is 4.74 Å². The number of aliphatic imine (C=N–C) groups is 1. The zero-order valence-electron chi connectivity index (χ0n) is 8.05. The SMILES string of the molecule is CC(C)C1=NC(C)(C)COC1=O. The van der Waals surface area contributed by atoms with Gasteiger partial charge in [0, 0.05) is 5.92 Å². The lowest BCUT2D eigenvalue weighted by Gasteiger charge is -2.27. The van der Waals surface area contributed by atoms with Gasteiger partial charge in [-0.3, -0.25) is 4.99 Å². The van der Waals surface area contributed by atoms with Crippen molar-refractivity contribution in [1.29, 1.82) is 0 Å². The fourth-order valence-electron chi connectivity index (χ4n) is 1.08. The maximum atomic E-state index is 11.2. The van der Waals surface area contributed by atoms with E-state index in [0.717, 1.165) is 0 Å². The molecule has 0 aromatic heterocycles. The van der Waals surface area contributed by atoms with E-state index in [-0.39, 0.29) is 17.4 Å². The van der Waals surface area contributed by atoms with Gasteiger partial charge >= 0.3 is 5.97 Å². The third-order valence-corrected chi connectivity index (χ3v) is 1.74. The van der Waals surface area contributed by atoms with Crippen LogP contribution in [-0.2, 0) is 9.53 Å². The highest BCUT2D eigenvalue weighted by Gasteiger charge is 2.30. The van der Waals surface area contributed by atoms with Crippen molar-refractivity contribution in [2.45, 2.75) is 33.2 Å². The Labute approximate surface area is 72.8 Å². The van der Waals surface area contributed by atoms with E-state index in [0.29, 0.717) is 12.3 Å². The quantitative estimate of drug-likeness (QED) is 0.557. The van der Waals surface area contributed by atoms with Crippen LogP contribution in [0.1, 0.15) is 27.7 Å². The molecule has 0 fully saturated rings. The number of esters is 1. The first kappa shape index (κ1) is 9.23. The summed E-state index contributed by atoms with van der Waals surface area (Å²) in [5.41, 5.74) is 0.319. The molecule has 0 aromatic rings. The van der Waals surface area contributed by atoms with Gasteiger partial charge in [0.15, 0.2) is 0 Å². The van der Waals surface area contributed by atoms with Gasteiger partial charge in [0.05, 0.1) is 5.54 Å². The fraction of sp³-hybridized carbons (Fsp3) is 0.778. The van der Waals surface area contributed by atoms with Gasteiger partial charge in [0.25, 0.3) is 0 Å². The van der Waals surface area contributed by atoms with E-state index in [2.05, 4.69) is 4.99 Å². The molecule has 0 atom stereocenters. The highest BCUT2D eigenvalue weighted by molar-refractivity contribution is 6.37. The molecule has 0 aromatic carbocycles. The van der Waals surface area contributed by atoms with Crippen molar-refractivity contribution >= 4 is 11.7 Å². The second kappa shape index (κ2) is 2.88. The number of cyclic esters (lactones) is 1. The molecule has 0 saturated heterocycles. The molecule has 0 bridgehead atoms. The minimum Gasteiger partial charge on any atom is -0.459 e. The van der Waals surface area contributed by atoms with Crippen LogP contribution in [0.25, 0.3) is 0 Å². The van der Waals surface area contributed by atoms with E-state index in [9.17, 15) is 4.79 Å². The fourth-order valence-corrected chi connectivity index (χ4v) is 1.08. The van der Waals surface area contributed by atoms with Crippen LogP contribution in [-0.4, -0.2) is 23.8 Å². The van der Waals surface area contributed by atoms with Gasteiger partial charge in [0.2, 0.25) is 0 Å². The van der Waals surface area contributed by atoms with Gasteiger partial charge in [-0.15, -0.1) is 0 Å². The zero-order chi connectivity index (χ0) is 9.35. The molecule has 0 N–H and O–H groups in total. The van der Waals surface area contributed by atoms with Crippen molar-refractivity contribution in [2.24, 2.45) is 10.9 Å². The molecule has 1 heterocycles. The highest BCUT2D eigenvalue weighted by Crippen LogP contribution is 2.17. The van der Waals surface area contributed by atoms with Crippen LogP contribution in [0, 0.1) is 5.92 Å². The number of hydrogen-bond acceptors (Lipinski definition) is 3. The number of hydrogen-bond donors (Lipinski definition) is 0. The monoisotopic (exact) mass is 169 g/mol. The Balaban J connectivity index is 2.93. The summed E-state index contributed by atoms with van der Waals surface area (Å²) in [6.45, 7) is 8.20. The van der Waals surface area contributed by atoms with Gasteiger partial charge in [0.1, 0.15) is 12.3 Å². The van der Waals surface area contributed by atoms with Crippen LogP contribution >= 0.6 is 0 Å². The molecule has 12 heavy (non-hydrogen) atoms. The minimum absolute atomic E-state index is 0.150. The maximum absolute atomic E-state index is 11.2. The first-order valence-corrected chi connectivity index (χ1v) is 4.19. The summed E-state index contributed by atoms with van der Waals surface area (Å²) in [7, 11) is 0. The van der Waals surface area contributed by atoms with Crippen molar-refractivity contribution in [1.82, 2.24) is 0 Å². The highest BCUT2D eigenvalue weighted by atomic mass is 16.5. The number of ether oxygens (including phenoxy) is 1. The summed E-state index contributed by atoms with van der Waals surface area (Å²) in [5.74, 6) is -0.110. The molecule has 0 amide bonds. The minimum atomic E-state index is -0.260. The van der Waals surface area contributed by atoms with E-state index in [1.165, 1.54) is 0 Å². The lowest BCUT2D eigenvalue weighted by atomic mass is 10.0. The lowest BCUT2D eigenvalue weighted by molar-refractivity contribution is -0.138. The van der Waals surface area contributed by atoms with Gasteiger partial charge in [-0.2, -0.15) is 0 Å². The first-order valence-electron chi connectivity index (χ1n) is 4.19. The van der Waals surface area contributed by atoms with Crippen LogP contribution in [0.2, 0.25) is 0 Å². The van der Waals surface area contributed by atoms with E-state index in [1.807, 2.05) is 27.7 Å². The predicted octanol–water partition coefficient (Wildman–Crippen LogP) is 1.42. The van der Waals surface area contributed by atoms with E-state index >= 15 is 0 Å². The molecule has 0 aliphatic carbocycles. The summed E-state index contributed by atoms with van der Waals surface area (Å²) < 4.78 is 5.00. The Morgan fingerprint density at radius 3 is 2.50 bits per heavy atom. The molecule has 1 aliphatic rings. The number of nitrogens with zero attached hydrogens (tertiary/aromatic N) is 1. The average Bonchev–Trinajstić information content (AvgIpc) is 1.94. The molecule has 68 valence electrons. The third kappa shape index (κ3) is 1.84. The molecule has 3 nitrogen and oxygen atoms in total. The van der Waals surface area contributed by atoms with Crippen molar-refractivity contribution < 1.29 is 9.53 Å². The summed E-state index contributed by atoms with van der Waals surface area (Å²) in [5, 5.41) is 0. The molecule has 1 aliphatic heterocycles. The van der Waals surface area contributed by atoms with Gasteiger partial charge in [-0.05, 0) is 13.8 Å². The largest absolute Gasteiger partial charge is 0.459 e. The van der Waals surface area contributed by atoms with Crippen molar-refractivity contribution in [3.8, 4) is 0 Å². The molecule has 0 spiro atoms.